The number of nitrogen functional groups attached to an aromatic ring is 1. The molecule has 0 aromatic carbocycles. The number of nitrogens with zero attached hydrogens (tertiary/aromatic N) is 3. The summed E-state index contributed by atoms with van der Waals surface area (Å²) in [5.41, 5.74) is 8.84. The highest BCUT2D eigenvalue weighted by atomic mass is 15.3. The van der Waals surface area contributed by atoms with E-state index in [1.54, 1.807) is 0 Å². The maximum absolute atomic E-state index is 5.80. The van der Waals surface area contributed by atoms with Crippen LogP contribution in [-0.2, 0) is 0 Å². The molecule has 0 amide bonds. The molecule has 0 bridgehead atoms. The Kier molecular flexibility index (Phi) is 4.69. The number of anilines is 1. The number of nitrogens with two attached hydrogens (primary N) is 1. The average molecular weight is 232 g/mol. The van der Waals surface area contributed by atoms with Crippen molar-refractivity contribution in [2.24, 2.45) is 0 Å². The Labute approximate surface area is 102 Å². The van der Waals surface area contributed by atoms with Gasteiger partial charge in [-0.05, 0) is 31.1 Å². The Hall–Kier alpha value is -1.84. The van der Waals surface area contributed by atoms with Crippen molar-refractivity contribution in [1.82, 2.24) is 14.6 Å². The maximum Gasteiger partial charge on any atom is 0.151 e. The normalized spacial score (nSPS) is 10.6. The second kappa shape index (κ2) is 6.03. The van der Waals surface area contributed by atoms with Gasteiger partial charge in [0.15, 0.2) is 5.82 Å². The molecule has 0 aliphatic heterocycles. The van der Waals surface area contributed by atoms with Gasteiger partial charge in [0.1, 0.15) is 11.8 Å². The highest BCUT2D eigenvalue weighted by molar-refractivity contribution is 5.73. The molecule has 2 heterocycles. The molecule has 0 radical (unpaired) electrons. The Balaban J connectivity index is 0.000000686. The highest BCUT2D eigenvalue weighted by Crippen LogP contribution is 2.19. The summed E-state index contributed by atoms with van der Waals surface area (Å²) in [6.07, 6.45) is 6.63. The van der Waals surface area contributed by atoms with Gasteiger partial charge in [-0.2, -0.15) is 5.10 Å². The van der Waals surface area contributed by atoms with Crippen LogP contribution in [-0.4, -0.2) is 14.6 Å². The van der Waals surface area contributed by atoms with Crippen LogP contribution in [0.3, 0.4) is 0 Å². The summed E-state index contributed by atoms with van der Waals surface area (Å²) in [7, 11) is 0. The zero-order valence-corrected chi connectivity index (χ0v) is 10.9. The topological polar surface area (TPSA) is 56.2 Å². The van der Waals surface area contributed by atoms with E-state index in [-0.39, 0.29) is 0 Å². The van der Waals surface area contributed by atoms with Crippen LogP contribution in [0.1, 0.15) is 38.4 Å². The van der Waals surface area contributed by atoms with E-state index < -0.39 is 0 Å². The molecule has 0 aliphatic carbocycles. The molecular formula is C13H20N4. The molecule has 0 unspecified atom stereocenters. The minimum Gasteiger partial charge on any atom is -0.382 e. The summed E-state index contributed by atoms with van der Waals surface area (Å²) in [4.78, 5) is 3.98. The minimum absolute atomic E-state index is 0.527. The summed E-state index contributed by atoms with van der Waals surface area (Å²) in [6, 6.07) is 2.06. The second-order valence-corrected chi connectivity index (χ2v) is 3.47. The number of aryl methyl sites for hydroxylation is 1. The molecule has 0 fully saturated rings. The van der Waals surface area contributed by atoms with Crippen molar-refractivity contribution in [3.05, 3.63) is 29.7 Å². The molecule has 4 nitrogen and oxygen atoms in total. The smallest absolute Gasteiger partial charge is 0.151 e. The monoisotopic (exact) mass is 232 g/mol. The molecule has 0 aliphatic rings. The lowest BCUT2D eigenvalue weighted by Gasteiger charge is -1.98. The molecule has 0 saturated heterocycles. The van der Waals surface area contributed by atoms with Crippen molar-refractivity contribution in [1.29, 1.82) is 0 Å². The average Bonchev–Trinajstić information content (AvgIpc) is 2.68. The summed E-state index contributed by atoms with van der Waals surface area (Å²) < 4.78 is 1.82. The van der Waals surface area contributed by atoms with Crippen LogP contribution < -0.4 is 5.73 Å². The van der Waals surface area contributed by atoms with Gasteiger partial charge in [0.2, 0.25) is 0 Å². The van der Waals surface area contributed by atoms with Crippen molar-refractivity contribution >= 4 is 17.4 Å². The molecule has 0 saturated carbocycles. The van der Waals surface area contributed by atoms with Crippen LogP contribution in [0.15, 0.2) is 18.5 Å². The maximum atomic E-state index is 5.80. The third kappa shape index (κ3) is 2.64. The summed E-state index contributed by atoms with van der Waals surface area (Å²) in [5.74, 6) is 0.527. The predicted molar refractivity (Wildman–Crippen MR) is 72.8 cm³/mol. The van der Waals surface area contributed by atoms with Gasteiger partial charge in [0.05, 0.1) is 5.69 Å². The van der Waals surface area contributed by atoms with Crippen LogP contribution in [0.4, 0.5) is 5.82 Å². The number of fused-ring (bicyclic) bond motifs is 1. The largest absolute Gasteiger partial charge is 0.382 e. The number of allylic oxidation sites excluding steroid dienone is 1. The van der Waals surface area contributed by atoms with Crippen LogP contribution in [0, 0.1) is 6.92 Å². The number of hydrogen-bond donors (Lipinski definition) is 1. The van der Waals surface area contributed by atoms with Crippen molar-refractivity contribution in [3.8, 4) is 0 Å². The van der Waals surface area contributed by atoms with Crippen molar-refractivity contribution < 1.29 is 0 Å². The summed E-state index contributed by atoms with van der Waals surface area (Å²) in [6.45, 7) is 8.11. The van der Waals surface area contributed by atoms with E-state index >= 15 is 0 Å². The van der Waals surface area contributed by atoms with E-state index in [1.165, 1.54) is 6.33 Å². The second-order valence-electron chi connectivity index (χ2n) is 3.47. The SMILES string of the molecule is CC.CC/C=C/c1cc(C)c2c(N)ncnn12. The molecule has 2 rings (SSSR count). The summed E-state index contributed by atoms with van der Waals surface area (Å²) in [5, 5.41) is 4.19. The Morgan fingerprint density at radius 1 is 1.41 bits per heavy atom. The first-order valence-electron chi connectivity index (χ1n) is 5.99. The van der Waals surface area contributed by atoms with Crippen molar-refractivity contribution in [2.45, 2.75) is 34.1 Å². The molecule has 2 N–H and O–H groups in total. The van der Waals surface area contributed by atoms with Gasteiger partial charge in [-0.25, -0.2) is 9.50 Å². The van der Waals surface area contributed by atoms with Gasteiger partial charge in [-0.1, -0.05) is 26.8 Å². The van der Waals surface area contributed by atoms with E-state index in [0.717, 1.165) is 23.2 Å². The number of aromatic nitrogens is 3. The fourth-order valence-corrected chi connectivity index (χ4v) is 1.64. The van der Waals surface area contributed by atoms with Crippen molar-refractivity contribution in [2.75, 3.05) is 5.73 Å². The van der Waals surface area contributed by atoms with E-state index in [2.05, 4.69) is 29.1 Å². The lowest BCUT2D eigenvalue weighted by Crippen LogP contribution is -2.00. The van der Waals surface area contributed by atoms with Gasteiger partial charge in [0.25, 0.3) is 0 Å². The van der Waals surface area contributed by atoms with Crippen LogP contribution in [0.5, 0.6) is 0 Å². The molecule has 2 aromatic heterocycles. The molecule has 4 heteroatoms. The molecular weight excluding hydrogens is 212 g/mol. The van der Waals surface area contributed by atoms with E-state index in [4.69, 9.17) is 5.73 Å². The third-order valence-electron chi connectivity index (χ3n) is 2.33. The Morgan fingerprint density at radius 2 is 2.12 bits per heavy atom. The van der Waals surface area contributed by atoms with Gasteiger partial charge in [0, 0.05) is 0 Å². The van der Waals surface area contributed by atoms with Crippen LogP contribution in [0.2, 0.25) is 0 Å². The zero-order chi connectivity index (χ0) is 12.8. The first kappa shape index (κ1) is 13.2. The fourth-order valence-electron chi connectivity index (χ4n) is 1.64. The van der Waals surface area contributed by atoms with E-state index in [1.807, 2.05) is 31.4 Å². The molecule has 0 atom stereocenters. The van der Waals surface area contributed by atoms with E-state index in [0.29, 0.717) is 5.82 Å². The Morgan fingerprint density at radius 3 is 2.76 bits per heavy atom. The summed E-state index contributed by atoms with van der Waals surface area (Å²) >= 11 is 0. The first-order chi connectivity index (χ1) is 8.24. The minimum atomic E-state index is 0.527. The lowest BCUT2D eigenvalue weighted by molar-refractivity contribution is 0.897. The van der Waals surface area contributed by atoms with Gasteiger partial charge in [-0.15, -0.1) is 0 Å². The highest BCUT2D eigenvalue weighted by Gasteiger charge is 2.07. The standard InChI is InChI=1S/C11H14N4.C2H6/c1-3-4-5-9-6-8(2)10-11(12)13-7-14-15(9)10;1-2/h4-7H,3H2,1-2H3,(H2,12,13,14);1-2H3/b5-4+;. The molecule has 17 heavy (non-hydrogen) atoms. The molecule has 92 valence electrons. The Bertz CT molecular complexity index is 511. The van der Waals surface area contributed by atoms with Crippen LogP contribution in [0.25, 0.3) is 11.6 Å². The lowest BCUT2D eigenvalue weighted by atomic mass is 10.3. The van der Waals surface area contributed by atoms with Gasteiger partial charge >= 0.3 is 0 Å². The third-order valence-corrected chi connectivity index (χ3v) is 2.33. The van der Waals surface area contributed by atoms with Gasteiger partial charge in [-0.3, -0.25) is 0 Å². The van der Waals surface area contributed by atoms with E-state index in [9.17, 15) is 0 Å². The van der Waals surface area contributed by atoms with Crippen LogP contribution >= 0.6 is 0 Å². The fraction of sp³-hybridized carbons (Fsp3) is 0.385. The molecule has 2 aromatic rings. The van der Waals surface area contributed by atoms with Gasteiger partial charge < -0.3 is 5.73 Å². The van der Waals surface area contributed by atoms with Crippen molar-refractivity contribution in [3.63, 3.8) is 0 Å². The number of rotatable bonds is 2. The predicted octanol–water partition coefficient (Wildman–Crippen LogP) is 3.07. The number of hydrogen-bond acceptors (Lipinski definition) is 3. The molecule has 0 spiro atoms. The first-order valence-corrected chi connectivity index (χ1v) is 5.99. The quantitative estimate of drug-likeness (QED) is 0.865. The zero-order valence-electron chi connectivity index (χ0n) is 10.9.